The Bertz CT molecular complexity index is 579. The molecule has 122 valence electrons. The Kier molecular flexibility index (Phi) is 4.23. The van der Waals surface area contributed by atoms with Gasteiger partial charge in [-0.3, -0.25) is 0 Å². The molecule has 3 aliphatic heterocycles. The third-order valence-corrected chi connectivity index (χ3v) is 4.38. The predicted molar refractivity (Wildman–Crippen MR) is 84.1 cm³/mol. The smallest absolute Gasteiger partial charge is 0.337 e. The number of nitrogens with zero attached hydrogens (tertiary/aromatic N) is 2. The van der Waals surface area contributed by atoms with Crippen LogP contribution in [0.4, 0.5) is 0 Å². The average molecular weight is 316 g/mol. The Morgan fingerprint density at radius 1 is 0.913 bits per heavy atom. The number of hydrogen-bond acceptors (Lipinski definition) is 6. The second-order valence-corrected chi connectivity index (χ2v) is 5.67. The molecule has 0 spiro atoms. The van der Waals surface area contributed by atoms with Gasteiger partial charge in [-0.25, -0.2) is 9.59 Å². The first-order valence-electron chi connectivity index (χ1n) is 7.62. The van der Waals surface area contributed by atoms with Crippen LogP contribution in [0.3, 0.4) is 0 Å². The molecule has 0 bridgehead atoms. The van der Waals surface area contributed by atoms with Crippen LogP contribution in [0.15, 0.2) is 47.9 Å². The van der Waals surface area contributed by atoms with Gasteiger partial charge in [-0.2, -0.15) is 0 Å². The third-order valence-electron chi connectivity index (χ3n) is 4.38. The molecule has 0 radical (unpaired) electrons. The zero-order chi connectivity index (χ0) is 16.4. The van der Waals surface area contributed by atoms with Gasteiger partial charge >= 0.3 is 11.9 Å². The number of carbonyl (C=O) groups excluding carboxylic acids is 2. The van der Waals surface area contributed by atoms with E-state index in [4.69, 9.17) is 9.47 Å². The first kappa shape index (κ1) is 15.4. The van der Waals surface area contributed by atoms with E-state index < -0.39 is 0 Å². The van der Waals surface area contributed by atoms with Crippen molar-refractivity contribution >= 4 is 11.9 Å². The maximum Gasteiger partial charge on any atom is 0.337 e. The number of esters is 2. The van der Waals surface area contributed by atoms with E-state index in [1.165, 1.54) is 14.2 Å². The zero-order valence-corrected chi connectivity index (χ0v) is 13.3. The molecule has 0 aliphatic carbocycles. The van der Waals surface area contributed by atoms with Crippen LogP contribution in [0.1, 0.15) is 6.42 Å². The van der Waals surface area contributed by atoms with Gasteiger partial charge in [-0.15, -0.1) is 0 Å². The van der Waals surface area contributed by atoms with E-state index >= 15 is 0 Å². The normalized spacial score (nSPS) is 25.7. The lowest BCUT2D eigenvalue weighted by Gasteiger charge is -2.38. The maximum absolute atomic E-state index is 11.8. The molecule has 0 aromatic heterocycles. The first-order chi connectivity index (χ1) is 11.1. The molecule has 0 amide bonds. The van der Waals surface area contributed by atoms with Gasteiger partial charge in [0.05, 0.1) is 37.4 Å². The van der Waals surface area contributed by atoms with Crippen molar-refractivity contribution in [2.75, 3.05) is 27.3 Å². The molecule has 0 saturated carbocycles. The van der Waals surface area contributed by atoms with E-state index in [-0.39, 0.29) is 24.0 Å². The van der Waals surface area contributed by atoms with Crippen molar-refractivity contribution in [3.8, 4) is 0 Å². The van der Waals surface area contributed by atoms with Crippen molar-refractivity contribution in [3.05, 3.63) is 47.9 Å². The minimum atomic E-state index is -0.347. The Morgan fingerprint density at radius 3 is 1.74 bits per heavy atom. The average Bonchev–Trinajstić information content (AvgIpc) is 2.78. The molecule has 3 aliphatic rings. The van der Waals surface area contributed by atoms with Gasteiger partial charge in [0.1, 0.15) is 0 Å². The number of fused-ring (bicyclic) bond motifs is 3. The number of ether oxygens (including phenoxy) is 2. The van der Waals surface area contributed by atoms with Crippen LogP contribution in [0, 0.1) is 0 Å². The molecule has 1 fully saturated rings. The summed E-state index contributed by atoms with van der Waals surface area (Å²) in [4.78, 5) is 28.0. The van der Waals surface area contributed by atoms with Gasteiger partial charge in [-0.05, 0) is 30.7 Å². The highest BCUT2D eigenvalue weighted by molar-refractivity contribution is 5.92. The van der Waals surface area contributed by atoms with Crippen molar-refractivity contribution in [2.24, 2.45) is 0 Å². The molecule has 6 nitrogen and oxygen atoms in total. The van der Waals surface area contributed by atoms with Crippen molar-refractivity contribution in [3.63, 3.8) is 0 Å². The monoisotopic (exact) mass is 316 g/mol. The Labute approximate surface area is 135 Å². The fraction of sp³-hybridized carbons (Fsp3) is 0.412. The van der Waals surface area contributed by atoms with Crippen molar-refractivity contribution in [2.45, 2.75) is 18.5 Å². The molecule has 0 aromatic rings. The van der Waals surface area contributed by atoms with E-state index in [0.29, 0.717) is 11.1 Å². The Hall–Kier alpha value is -2.50. The molecule has 3 rings (SSSR count). The summed E-state index contributed by atoms with van der Waals surface area (Å²) in [5.74, 6) is -0.694. The van der Waals surface area contributed by atoms with E-state index in [1.54, 1.807) is 12.2 Å². The molecule has 0 aromatic carbocycles. The molecule has 23 heavy (non-hydrogen) atoms. The van der Waals surface area contributed by atoms with Crippen LogP contribution in [0.25, 0.3) is 0 Å². The molecule has 1 saturated heterocycles. The number of carbonyl (C=O) groups is 2. The lowest BCUT2D eigenvalue weighted by Crippen LogP contribution is -2.46. The van der Waals surface area contributed by atoms with E-state index in [2.05, 4.69) is 9.80 Å². The molecule has 2 atom stereocenters. The Morgan fingerprint density at radius 2 is 1.35 bits per heavy atom. The Balaban J connectivity index is 1.95. The summed E-state index contributed by atoms with van der Waals surface area (Å²) in [6.45, 7) is 1.79. The highest BCUT2D eigenvalue weighted by Crippen LogP contribution is 2.28. The van der Waals surface area contributed by atoms with Gasteiger partial charge < -0.3 is 19.3 Å². The maximum atomic E-state index is 11.8. The standard InChI is InChI=1S/C17H20N2O4/c1-22-16(20)12-4-8-18-6-3-7-19-9-5-13(17(21)23-2)11-15(19)14(18)10-12/h4-5,8-11,14-15H,3,6-7H2,1-2H3/t14-,15-/m1/s1. The third kappa shape index (κ3) is 2.88. The number of methoxy groups -OCH3 is 2. The summed E-state index contributed by atoms with van der Waals surface area (Å²) >= 11 is 0. The van der Waals surface area contributed by atoms with Crippen LogP contribution >= 0.6 is 0 Å². The number of rotatable bonds is 2. The fourth-order valence-electron chi connectivity index (χ4n) is 3.20. The van der Waals surface area contributed by atoms with Gasteiger partial charge in [0, 0.05) is 25.5 Å². The van der Waals surface area contributed by atoms with Crippen molar-refractivity contribution < 1.29 is 19.1 Å². The van der Waals surface area contributed by atoms with Crippen LogP contribution in [0.2, 0.25) is 0 Å². The molecular weight excluding hydrogens is 296 g/mol. The van der Waals surface area contributed by atoms with Crippen LogP contribution in [-0.4, -0.2) is 61.1 Å². The SMILES string of the molecule is COC(=O)C1=C[C@@H]2[C@H]3C=C(C(=O)OC)C=CN3CCCN2C=C1. The zero-order valence-electron chi connectivity index (χ0n) is 13.3. The lowest BCUT2D eigenvalue weighted by molar-refractivity contribution is -0.136. The summed E-state index contributed by atoms with van der Waals surface area (Å²) in [7, 11) is 2.75. The molecule has 6 heteroatoms. The molecular formula is C17H20N2O4. The fourth-order valence-corrected chi connectivity index (χ4v) is 3.20. The topological polar surface area (TPSA) is 59.1 Å². The van der Waals surface area contributed by atoms with Crippen molar-refractivity contribution in [1.82, 2.24) is 9.80 Å². The van der Waals surface area contributed by atoms with Crippen LogP contribution < -0.4 is 0 Å². The highest BCUT2D eigenvalue weighted by atomic mass is 16.5. The molecule has 3 heterocycles. The minimum Gasteiger partial charge on any atom is -0.465 e. The van der Waals surface area contributed by atoms with Gasteiger partial charge in [0.15, 0.2) is 0 Å². The van der Waals surface area contributed by atoms with Crippen LogP contribution in [-0.2, 0) is 19.1 Å². The highest BCUT2D eigenvalue weighted by Gasteiger charge is 2.34. The van der Waals surface area contributed by atoms with Crippen molar-refractivity contribution in [1.29, 1.82) is 0 Å². The summed E-state index contributed by atoms with van der Waals surface area (Å²) < 4.78 is 9.64. The minimum absolute atomic E-state index is 0.0267. The summed E-state index contributed by atoms with van der Waals surface area (Å²) in [6.07, 6.45) is 12.3. The largest absolute Gasteiger partial charge is 0.465 e. The van der Waals surface area contributed by atoms with Crippen LogP contribution in [0.5, 0.6) is 0 Å². The van der Waals surface area contributed by atoms with Gasteiger partial charge in [-0.1, -0.05) is 0 Å². The summed E-state index contributed by atoms with van der Waals surface area (Å²) in [6, 6.07) is -0.0533. The molecule has 0 N–H and O–H groups in total. The number of hydrogen-bond donors (Lipinski definition) is 0. The van der Waals surface area contributed by atoms with Gasteiger partial charge in [0.25, 0.3) is 0 Å². The van der Waals surface area contributed by atoms with Gasteiger partial charge in [0.2, 0.25) is 0 Å². The summed E-state index contributed by atoms with van der Waals surface area (Å²) in [5, 5.41) is 0. The molecule has 0 unspecified atom stereocenters. The first-order valence-corrected chi connectivity index (χ1v) is 7.62. The van der Waals surface area contributed by atoms with E-state index in [9.17, 15) is 9.59 Å². The second-order valence-electron chi connectivity index (χ2n) is 5.67. The quantitative estimate of drug-likeness (QED) is 0.708. The second kappa shape index (κ2) is 6.32. The lowest BCUT2D eigenvalue weighted by atomic mass is 9.96. The van der Waals surface area contributed by atoms with E-state index in [0.717, 1.165) is 19.5 Å². The summed E-state index contributed by atoms with van der Waals surface area (Å²) in [5.41, 5.74) is 1.08. The van der Waals surface area contributed by atoms with E-state index in [1.807, 2.05) is 24.6 Å². The predicted octanol–water partition coefficient (Wildman–Crippen LogP) is 0.985.